The number of aromatic nitrogens is 2. The van der Waals surface area contributed by atoms with Gasteiger partial charge in [-0.05, 0) is 67.3 Å². The zero-order valence-electron chi connectivity index (χ0n) is 16.1. The number of rotatable bonds is 4. The molecular formula is C22H21F2N3O2. The fourth-order valence-corrected chi connectivity index (χ4v) is 3.66. The van der Waals surface area contributed by atoms with Gasteiger partial charge in [-0.2, -0.15) is 4.98 Å². The fraction of sp³-hybridized carbons (Fsp3) is 0.318. The minimum absolute atomic E-state index is 0.00617. The Bertz CT molecular complexity index is 1020. The largest absolute Gasteiger partial charge is 0.342 e. The molecule has 1 aliphatic rings. The van der Waals surface area contributed by atoms with E-state index in [1.807, 2.05) is 4.90 Å². The number of aryl methyl sites for hydroxylation is 1. The Morgan fingerprint density at radius 2 is 1.93 bits per heavy atom. The first-order valence-corrected chi connectivity index (χ1v) is 9.62. The molecule has 2 aromatic carbocycles. The molecule has 1 aromatic heterocycles. The lowest BCUT2D eigenvalue weighted by molar-refractivity contribution is -0.131. The first kappa shape index (κ1) is 19.2. The predicted octanol–water partition coefficient (Wildman–Crippen LogP) is 4.27. The van der Waals surface area contributed by atoms with Crippen LogP contribution in [0.1, 0.15) is 35.7 Å². The Kier molecular flexibility index (Phi) is 5.38. The van der Waals surface area contributed by atoms with Crippen LogP contribution in [-0.4, -0.2) is 34.0 Å². The van der Waals surface area contributed by atoms with E-state index in [1.165, 1.54) is 24.3 Å². The highest BCUT2D eigenvalue weighted by atomic mass is 19.1. The van der Waals surface area contributed by atoms with Crippen molar-refractivity contribution >= 4 is 5.91 Å². The summed E-state index contributed by atoms with van der Waals surface area (Å²) in [6.45, 7) is 3.00. The standard InChI is InChI=1S/C22H21F2N3O2/c1-14-11-19(24)9-6-16(14)12-20(28)27-10-2-3-17(13-27)21-25-22(29-26-21)15-4-7-18(23)8-5-15/h4-9,11,17H,2-3,10,12-13H2,1H3. The molecule has 0 N–H and O–H groups in total. The molecule has 150 valence electrons. The normalized spacial score (nSPS) is 16.8. The number of carbonyl (C=O) groups excluding carboxylic acids is 1. The van der Waals surface area contributed by atoms with E-state index in [9.17, 15) is 13.6 Å². The van der Waals surface area contributed by atoms with E-state index in [4.69, 9.17) is 4.52 Å². The minimum atomic E-state index is -0.327. The van der Waals surface area contributed by atoms with E-state index in [0.29, 0.717) is 30.4 Å². The van der Waals surface area contributed by atoms with E-state index < -0.39 is 0 Å². The van der Waals surface area contributed by atoms with E-state index in [0.717, 1.165) is 24.0 Å². The summed E-state index contributed by atoms with van der Waals surface area (Å²) in [5.41, 5.74) is 2.26. The van der Waals surface area contributed by atoms with Gasteiger partial charge in [-0.25, -0.2) is 8.78 Å². The van der Waals surface area contributed by atoms with Crippen LogP contribution >= 0.6 is 0 Å². The van der Waals surface area contributed by atoms with Crippen molar-refractivity contribution in [3.05, 3.63) is 71.1 Å². The van der Waals surface area contributed by atoms with Crippen LogP contribution in [0.3, 0.4) is 0 Å². The molecule has 1 saturated heterocycles. The van der Waals surface area contributed by atoms with Crippen molar-refractivity contribution in [2.45, 2.75) is 32.1 Å². The molecule has 0 radical (unpaired) electrons. The third-order valence-corrected chi connectivity index (χ3v) is 5.32. The van der Waals surface area contributed by atoms with Crippen molar-refractivity contribution in [3.8, 4) is 11.5 Å². The van der Waals surface area contributed by atoms with Gasteiger partial charge in [0.05, 0.1) is 6.42 Å². The van der Waals surface area contributed by atoms with Crippen LogP contribution < -0.4 is 0 Å². The Hall–Kier alpha value is -3.09. The lowest BCUT2D eigenvalue weighted by Crippen LogP contribution is -2.40. The van der Waals surface area contributed by atoms with Gasteiger partial charge in [-0.15, -0.1) is 0 Å². The third kappa shape index (κ3) is 4.34. The summed E-state index contributed by atoms with van der Waals surface area (Å²) in [4.78, 5) is 19.0. The van der Waals surface area contributed by atoms with Gasteiger partial charge in [-0.1, -0.05) is 11.2 Å². The van der Waals surface area contributed by atoms with Crippen LogP contribution in [0.5, 0.6) is 0 Å². The van der Waals surface area contributed by atoms with Crippen molar-refractivity contribution in [2.24, 2.45) is 0 Å². The molecule has 1 amide bonds. The van der Waals surface area contributed by atoms with Gasteiger partial charge in [-0.3, -0.25) is 4.79 Å². The summed E-state index contributed by atoms with van der Waals surface area (Å²) < 4.78 is 31.7. The number of amides is 1. The molecule has 0 spiro atoms. The monoisotopic (exact) mass is 397 g/mol. The maximum Gasteiger partial charge on any atom is 0.257 e. The van der Waals surface area contributed by atoms with Crippen molar-refractivity contribution in [2.75, 3.05) is 13.1 Å². The molecular weight excluding hydrogens is 376 g/mol. The molecule has 7 heteroatoms. The number of carbonyl (C=O) groups is 1. The van der Waals surface area contributed by atoms with Crippen LogP contribution in [-0.2, 0) is 11.2 Å². The van der Waals surface area contributed by atoms with Crippen LogP contribution in [0.25, 0.3) is 11.5 Å². The number of halogens is 2. The summed E-state index contributed by atoms with van der Waals surface area (Å²) in [6.07, 6.45) is 1.95. The van der Waals surface area contributed by atoms with Crippen LogP contribution in [0.4, 0.5) is 8.78 Å². The second kappa shape index (κ2) is 8.11. The van der Waals surface area contributed by atoms with Crippen LogP contribution in [0, 0.1) is 18.6 Å². The Balaban J connectivity index is 1.44. The maximum absolute atomic E-state index is 13.3. The summed E-state index contributed by atoms with van der Waals surface area (Å²) in [5, 5.41) is 4.08. The fourth-order valence-electron chi connectivity index (χ4n) is 3.66. The summed E-state index contributed by atoms with van der Waals surface area (Å²) in [6, 6.07) is 10.4. The molecule has 29 heavy (non-hydrogen) atoms. The second-order valence-corrected chi connectivity index (χ2v) is 7.39. The Labute approximate surface area is 167 Å². The average molecular weight is 397 g/mol. The second-order valence-electron chi connectivity index (χ2n) is 7.39. The number of hydrogen-bond donors (Lipinski definition) is 0. The molecule has 0 aliphatic carbocycles. The molecule has 0 bridgehead atoms. The van der Waals surface area contributed by atoms with E-state index >= 15 is 0 Å². The van der Waals surface area contributed by atoms with E-state index in [2.05, 4.69) is 10.1 Å². The predicted molar refractivity (Wildman–Crippen MR) is 103 cm³/mol. The molecule has 0 saturated carbocycles. The van der Waals surface area contributed by atoms with Gasteiger partial charge in [0.15, 0.2) is 5.82 Å². The van der Waals surface area contributed by atoms with Gasteiger partial charge in [0.1, 0.15) is 11.6 Å². The van der Waals surface area contributed by atoms with Gasteiger partial charge < -0.3 is 9.42 Å². The molecule has 1 unspecified atom stereocenters. The number of likely N-dealkylation sites (tertiary alicyclic amines) is 1. The third-order valence-electron chi connectivity index (χ3n) is 5.32. The molecule has 2 heterocycles. The van der Waals surface area contributed by atoms with E-state index in [1.54, 1.807) is 25.1 Å². The van der Waals surface area contributed by atoms with Gasteiger partial charge in [0, 0.05) is 24.6 Å². The van der Waals surface area contributed by atoms with Gasteiger partial charge in [0.2, 0.25) is 5.91 Å². The zero-order chi connectivity index (χ0) is 20.4. The quantitative estimate of drug-likeness (QED) is 0.660. The highest BCUT2D eigenvalue weighted by molar-refractivity contribution is 5.79. The average Bonchev–Trinajstić information content (AvgIpc) is 3.21. The topological polar surface area (TPSA) is 59.2 Å². The minimum Gasteiger partial charge on any atom is -0.342 e. The molecule has 1 atom stereocenters. The smallest absolute Gasteiger partial charge is 0.257 e. The molecule has 3 aromatic rings. The van der Waals surface area contributed by atoms with Gasteiger partial charge in [0.25, 0.3) is 5.89 Å². The van der Waals surface area contributed by atoms with E-state index in [-0.39, 0.29) is 29.9 Å². The van der Waals surface area contributed by atoms with Crippen molar-refractivity contribution in [3.63, 3.8) is 0 Å². The molecule has 1 aliphatic heterocycles. The number of piperidine rings is 1. The lowest BCUT2D eigenvalue weighted by atomic mass is 9.96. The summed E-state index contributed by atoms with van der Waals surface area (Å²) >= 11 is 0. The number of hydrogen-bond acceptors (Lipinski definition) is 4. The summed E-state index contributed by atoms with van der Waals surface area (Å²) in [7, 11) is 0. The summed E-state index contributed by atoms with van der Waals surface area (Å²) in [5.74, 6) is 0.258. The SMILES string of the molecule is Cc1cc(F)ccc1CC(=O)N1CCCC(c2noc(-c3ccc(F)cc3)n2)C1. The molecule has 1 fully saturated rings. The lowest BCUT2D eigenvalue weighted by Gasteiger charge is -2.31. The van der Waals surface area contributed by atoms with Gasteiger partial charge >= 0.3 is 0 Å². The molecule has 5 nitrogen and oxygen atoms in total. The highest BCUT2D eigenvalue weighted by Gasteiger charge is 2.28. The van der Waals surface area contributed by atoms with Crippen molar-refractivity contribution in [1.29, 1.82) is 0 Å². The number of nitrogens with zero attached hydrogens (tertiary/aromatic N) is 3. The first-order chi connectivity index (χ1) is 14.0. The number of benzene rings is 2. The Morgan fingerprint density at radius 1 is 1.17 bits per heavy atom. The zero-order valence-corrected chi connectivity index (χ0v) is 16.1. The highest BCUT2D eigenvalue weighted by Crippen LogP contribution is 2.28. The maximum atomic E-state index is 13.3. The van der Waals surface area contributed by atoms with Crippen molar-refractivity contribution < 1.29 is 18.1 Å². The van der Waals surface area contributed by atoms with Crippen LogP contribution in [0.15, 0.2) is 47.0 Å². The van der Waals surface area contributed by atoms with Crippen molar-refractivity contribution in [1.82, 2.24) is 15.0 Å². The molecule has 4 rings (SSSR count). The van der Waals surface area contributed by atoms with Crippen LogP contribution in [0.2, 0.25) is 0 Å². The first-order valence-electron chi connectivity index (χ1n) is 9.62. The Morgan fingerprint density at radius 3 is 2.69 bits per heavy atom.